The summed E-state index contributed by atoms with van der Waals surface area (Å²) in [4.78, 5) is 1.39. The van der Waals surface area contributed by atoms with Crippen molar-refractivity contribution in [2.75, 3.05) is 6.54 Å². The Morgan fingerprint density at radius 3 is 2.94 bits per heavy atom. The standard InChI is InChI=1S/C14H17NOS/c1-11-4-5-14(16)12(9-11)10-15-7-6-13-3-2-8-17-13/h2-5,8-9,15-16H,6-7,10H2,1H3. The van der Waals surface area contributed by atoms with Crippen molar-refractivity contribution in [1.29, 1.82) is 0 Å². The molecule has 0 aliphatic rings. The number of nitrogens with one attached hydrogen (secondary N) is 1. The van der Waals surface area contributed by atoms with Crippen LogP contribution in [0.3, 0.4) is 0 Å². The smallest absolute Gasteiger partial charge is 0.120 e. The van der Waals surface area contributed by atoms with Gasteiger partial charge in [-0.05, 0) is 30.9 Å². The molecule has 1 heterocycles. The number of aromatic hydroxyl groups is 1. The Kier molecular flexibility index (Phi) is 4.18. The van der Waals surface area contributed by atoms with Gasteiger partial charge < -0.3 is 10.4 Å². The molecule has 2 aromatic rings. The van der Waals surface area contributed by atoms with Crippen LogP contribution >= 0.6 is 11.3 Å². The molecule has 1 aromatic carbocycles. The van der Waals surface area contributed by atoms with Crippen LogP contribution in [0, 0.1) is 6.92 Å². The predicted molar refractivity (Wildman–Crippen MR) is 72.6 cm³/mol. The minimum atomic E-state index is 0.374. The molecule has 0 spiro atoms. The summed E-state index contributed by atoms with van der Waals surface area (Å²) in [7, 11) is 0. The molecule has 90 valence electrons. The van der Waals surface area contributed by atoms with Crippen LogP contribution in [0.4, 0.5) is 0 Å². The Balaban J connectivity index is 1.80. The lowest BCUT2D eigenvalue weighted by molar-refractivity contribution is 0.464. The number of rotatable bonds is 5. The normalized spacial score (nSPS) is 10.6. The van der Waals surface area contributed by atoms with Crippen LogP contribution in [-0.4, -0.2) is 11.7 Å². The third-order valence-corrected chi connectivity index (χ3v) is 3.61. The van der Waals surface area contributed by atoms with Crippen LogP contribution in [-0.2, 0) is 13.0 Å². The van der Waals surface area contributed by atoms with E-state index in [0.717, 1.165) is 25.1 Å². The number of thiophene rings is 1. The minimum Gasteiger partial charge on any atom is -0.508 e. The highest BCUT2D eigenvalue weighted by Crippen LogP contribution is 2.17. The maximum Gasteiger partial charge on any atom is 0.120 e. The second kappa shape index (κ2) is 5.84. The summed E-state index contributed by atoms with van der Waals surface area (Å²) in [5.41, 5.74) is 2.15. The highest BCUT2D eigenvalue weighted by atomic mass is 32.1. The van der Waals surface area contributed by atoms with Crippen LogP contribution < -0.4 is 5.32 Å². The molecule has 0 aliphatic carbocycles. The van der Waals surface area contributed by atoms with E-state index in [9.17, 15) is 5.11 Å². The topological polar surface area (TPSA) is 32.3 Å². The largest absolute Gasteiger partial charge is 0.508 e. The zero-order valence-corrected chi connectivity index (χ0v) is 10.8. The molecule has 0 fully saturated rings. The fraction of sp³-hybridized carbons (Fsp3) is 0.286. The van der Waals surface area contributed by atoms with Crippen molar-refractivity contribution in [3.63, 3.8) is 0 Å². The van der Waals surface area contributed by atoms with E-state index in [1.165, 1.54) is 10.4 Å². The van der Waals surface area contributed by atoms with Crippen molar-refractivity contribution < 1.29 is 5.11 Å². The van der Waals surface area contributed by atoms with Crippen LogP contribution in [0.15, 0.2) is 35.7 Å². The highest BCUT2D eigenvalue weighted by molar-refractivity contribution is 7.09. The van der Waals surface area contributed by atoms with Gasteiger partial charge >= 0.3 is 0 Å². The van der Waals surface area contributed by atoms with E-state index in [0.29, 0.717) is 5.75 Å². The summed E-state index contributed by atoms with van der Waals surface area (Å²) >= 11 is 1.79. The van der Waals surface area contributed by atoms with E-state index in [4.69, 9.17) is 0 Å². The van der Waals surface area contributed by atoms with E-state index in [1.54, 1.807) is 17.4 Å². The van der Waals surface area contributed by atoms with E-state index in [-0.39, 0.29) is 0 Å². The number of hydrogen-bond donors (Lipinski definition) is 2. The van der Waals surface area contributed by atoms with Crippen molar-refractivity contribution in [3.05, 3.63) is 51.7 Å². The van der Waals surface area contributed by atoms with Crippen LogP contribution in [0.5, 0.6) is 5.75 Å². The van der Waals surface area contributed by atoms with Crippen molar-refractivity contribution in [2.45, 2.75) is 19.9 Å². The Labute approximate surface area is 106 Å². The highest BCUT2D eigenvalue weighted by Gasteiger charge is 2.00. The quantitative estimate of drug-likeness (QED) is 0.796. The zero-order valence-electron chi connectivity index (χ0n) is 9.94. The first-order valence-corrected chi connectivity index (χ1v) is 6.65. The third-order valence-electron chi connectivity index (χ3n) is 2.68. The second-order valence-corrected chi connectivity index (χ2v) is 5.17. The van der Waals surface area contributed by atoms with E-state index in [2.05, 4.69) is 22.8 Å². The average Bonchev–Trinajstić information content (AvgIpc) is 2.82. The first kappa shape index (κ1) is 12.1. The molecule has 0 amide bonds. The van der Waals surface area contributed by atoms with Gasteiger partial charge in [-0.15, -0.1) is 11.3 Å². The van der Waals surface area contributed by atoms with Crippen molar-refractivity contribution in [2.24, 2.45) is 0 Å². The average molecular weight is 247 g/mol. The van der Waals surface area contributed by atoms with Gasteiger partial charge in [0.05, 0.1) is 0 Å². The Hall–Kier alpha value is -1.32. The summed E-state index contributed by atoms with van der Waals surface area (Å²) < 4.78 is 0. The molecule has 3 heteroatoms. The summed E-state index contributed by atoms with van der Waals surface area (Å²) in [5.74, 6) is 0.374. The summed E-state index contributed by atoms with van der Waals surface area (Å²) in [5, 5.41) is 15.1. The molecule has 0 bridgehead atoms. The summed E-state index contributed by atoms with van der Waals surface area (Å²) in [6, 6.07) is 9.92. The van der Waals surface area contributed by atoms with E-state index in [1.807, 2.05) is 19.1 Å². The van der Waals surface area contributed by atoms with Crippen molar-refractivity contribution in [1.82, 2.24) is 5.32 Å². The number of hydrogen-bond acceptors (Lipinski definition) is 3. The van der Waals surface area contributed by atoms with E-state index >= 15 is 0 Å². The zero-order chi connectivity index (χ0) is 12.1. The van der Waals surface area contributed by atoms with Gasteiger partial charge in [-0.25, -0.2) is 0 Å². The first-order valence-electron chi connectivity index (χ1n) is 5.77. The molecule has 17 heavy (non-hydrogen) atoms. The summed E-state index contributed by atoms with van der Waals surface area (Å²) in [6.45, 7) is 3.70. The Morgan fingerprint density at radius 1 is 1.29 bits per heavy atom. The first-order chi connectivity index (χ1) is 8.25. The monoisotopic (exact) mass is 247 g/mol. The number of benzene rings is 1. The van der Waals surface area contributed by atoms with Crippen molar-refractivity contribution >= 4 is 11.3 Å². The molecule has 2 rings (SSSR count). The van der Waals surface area contributed by atoms with Gasteiger partial charge in [-0.2, -0.15) is 0 Å². The number of aryl methyl sites for hydroxylation is 1. The SMILES string of the molecule is Cc1ccc(O)c(CNCCc2cccs2)c1. The molecule has 0 atom stereocenters. The molecule has 0 radical (unpaired) electrons. The number of phenolic OH excluding ortho intramolecular Hbond substituents is 1. The summed E-state index contributed by atoms with van der Waals surface area (Å²) in [6.07, 6.45) is 1.05. The van der Waals surface area contributed by atoms with E-state index < -0.39 is 0 Å². The van der Waals surface area contributed by atoms with Crippen LogP contribution in [0.25, 0.3) is 0 Å². The molecule has 2 nitrogen and oxygen atoms in total. The molecule has 0 aliphatic heterocycles. The molecule has 0 saturated carbocycles. The van der Waals surface area contributed by atoms with Crippen LogP contribution in [0.2, 0.25) is 0 Å². The fourth-order valence-corrected chi connectivity index (χ4v) is 2.45. The molecule has 2 N–H and O–H groups in total. The van der Waals surface area contributed by atoms with Gasteiger partial charge in [-0.1, -0.05) is 23.8 Å². The fourth-order valence-electron chi connectivity index (χ4n) is 1.75. The lowest BCUT2D eigenvalue weighted by Crippen LogP contribution is -2.16. The molecule has 0 saturated heterocycles. The lowest BCUT2D eigenvalue weighted by atomic mass is 10.1. The second-order valence-electron chi connectivity index (χ2n) is 4.14. The van der Waals surface area contributed by atoms with Crippen molar-refractivity contribution in [3.8, 4) is 5.75 Å². The van der Waals surface area contributed by atoms with Gasteiger partial charge in [0.2, 0.25) is 0 Å². The molecular weight excluding hydrogens is 230 g/mol. The van der Waals surface area contributed by atoms with Gasteiger partial charge in [0, 0.05) is 23.5 Å². The third kappa shape index (κ3) is 3.58. The lowest BCUT2D eigenvalue weighted by Gasteiger charge is -2.07. The van der Waals surface area contributed by atoms with Gasteiger partial charge in [0.15, 0.2) is 0 Å². The molecular formula is C14H17NOS. The minimum absolute atomic E-state index is 0.374. The Bertz CT molecular complexity index is 465. The maximum absolute atomic E-state index is 9.68. The van der Waals surface area contributed by atoms with Gasteiger partial charge in [0.1, 0.15) is 5.75 Å². The predicted octanol–water partition coefficient (Wildman–Crippen LogP) is 3.09. The van der Waals surface area contributed by atoms with Gasteiger partial charge in [0.25, 0.3) is 0 Å². The Morgan fingerprint density at radius 2 is 2.18 bits per heavy atom. The van der Waals surface area contributed by atoms with Gasteiger partial charge in [-0.3, -0.25) is 0 Å². The maximum atomic E-state index is 9.68. The number of phenols is 1. The molecule has 1 aromatic heterocycles. The van der Waals surface area contributed by atoms with Crippen LogP contribution in [0.1, 0.15) is 16.0 Å². The molecule has 0 unspecified atom stereocenters.